The lowest BCUT2D eigenvalue weighted by atomic mass is 9.82. The molecule has 2 aliphatic carbocycles. The third-order valence-corrected chi connectivity index (χ3v) is 15.5. The molecule has 1 heterocycles. The van der Waals surface area contributed by atoms with Crippen molar-refractivity contribution in [2.75, 3.05) is 38.0 Å². The summed E-state index contributed by atoms with van der Waals surface area (Å²) in [7, 11) is 0. The number of nitrogens with zero attached hydrogens (tertiary/aromatic N) is 4. The van der Waals surface area contributed by atoms with E-state index in [9.17, 15) is 34.0 Å². The molecule has 0 radical (unpaired) electrons. The fourth-order valence-electron chi connectivity index (χ4n) is 9.66. The molecule has 0 aliphatic heterocycles. The van der Waals surface area contributed by atoms with Gasteiger partial charge in [-0.25, -0.2) is 19.6 Å². The Morgan fingerprint density at radius 2 is 1.02 bits per heavy atom. The summed E-state index contributed by atoms with van der Waals surface area (Å²) in [6.45, 7) is 10.9. The molecular formula is C65H74N4O14S. The summed E-state index contributed by atoms with van der Waals surface area (Å²) in [5, 5.41) is 16.7. The molecule has 84 heavy (non-hydrogen) atoms. The second kappa shape index (κ2) is 33.7. The number of carbonyl (C=O) groups excluding carboxylic acids is 6. The molecule has 4 aromatic carbocycles. The predicted molar refractivity (Wildman–Crippen MR) is 317 cm³/mol. The van der Waals surface area contributed by atoms with E-state index in [1.165, 1.54) is 17.6 Å². The first-order chi connectivity index (χ1) is 40.9. The minimum atomic E-state index is -0.497. The molecule has 2 saturated carbocycles. The van der Waals surface area contributed by atoms with Crippen LogP contribution in [-0.4, -0.2) is 80.0 Å². The van der Waals surface area contributed by atoms with Crippen molar-refractivity contribution in [3.8, 4) is 40.6 Å². The lowest BCUT2D eigenvalue weighted by Crippen LogP contribution is -2.30. The van der Waals surface area contributed by atoms with Crippen molar-refractivity contribution in [2.45, 2.75) is 116 Å². The number of carbonyl (C=O) groups is 6. The first-order valence-electron chi connectivity index (χ1n) is 29.0. The normalized spacial score (nSPS) is 17.0. The lowest BCUT2D eigenvalue weighted by molar-refractivity contribution is -0.145. The number of hydrazone groups is 1. The standard InChI is InChI=1S/C65H74N4O14S/c1-4-59(70)78-40-14-8-6-12-38-76-51-26-30-53(31-27-51)80-61(72)46-18-20-48(21-19-46)63(74)82-55-34-35-57(50(42-55)43-67-69(44-45(3)36-37-66)65-68-56-16-10-11-17-58(56)84-65)83-64(75)49-24-22-47(23-25-49)62(73)81-54-32-28-52(29-33-54)77-39-13-7-9-15-41-79-60(71)5-2/h4-5,10-11,16-17,26-35,42-43,45-49H,1-2,6-9,12-15,18-25,36,38-41,44H2,3H3/b67-43-. The smallest absolute Gasteiger partial charge is 0.330 e. The van der Waals surface area contributed by atoms with Gasteiger partial charge in [-0.15, -0.1) is 0 Å². The van der Waals surface area contributed by atoms with Crippen LogP contribution in [0.4, 0.5) is 5.13 Å². The number of anilines is 1. The lowest BCUT2D eigenvalue weighted by Gasteiger charge is -2.26. The number of benzene rings is 4. The number of thiazole rings is 1. The Hall–Kier alpha value is -8.37. The number of fused-ring (bicyclic) bond motifs is 1. The number of aromatic nitrogens is 1. The van der Waals surface area contributed by atoms with Gasteiger partial charge in [0.15, 0.2) is 0 Å². The molecule has 5 aromatic rings. The van der Waals surface area contributed by atoms with E-state index in [0.717, 1.165) is 73.7 Å². The molecule has 1 atom stereocenters. The molecule has 18 nitrogen and oxygen atoms in total. The van der Waals surface area contributed by atoms with E-state index in [0.29, 0.717) is 118 Å². The highest BCUT2D eigenvalue weighted by molar-refractivity contribution is 7.22. The van der Waals surface area contributed by atoms with Gasteiger partial charge in [-0.1, -0.05) is 43.6 Å². The molecule has 0 spiro atoms. The third kappa shape index (κ3) is 20.5. The number of esters is 6. The summed E-state index contributed by atoms with van der Waals surface area (Å²) in [6.07, 6.45) is 14.4. The molecule has 2 aliphatic rings. The van der Waals surface area contributed by atoms with Crippen LogP contribution in [0.5, 0.6) is 34.5 Å². The number of hydrogen-bond donors (Lipinski definition) is 0. The van der Waals surface area contributed by atoms with Crippen LogP contribution in [0.15, 0.2) is 121 Å². The molecule has 2 fully saturated rings. The Balaban J connectivity index is 0.916. The summed E-state index contributed by atoms with van der Waals surface area (Å²) >= 11 is 1.45. The van der Waals surface area contributed by atoms with Crippen LogP contribution in [0, 0.1) is 40.9 Å². The van der Waals surface area contributed by atoms with Crippen LogP contribution in [-0.2, 0) is 38.2 Å². The maximum absolute atomic E-state index is 13.9. The highest BCUT2D eigenvalue weighted by atomic mass is 32.1. The van der Waals surface area contributed by atoms with Gasteiger partial charge in [-0.3, -0.25) is 19.2 Å². The second-order valence-electron chi connectivity index (χ2n) is 21.0. The van der Waals surface area contributed by atoms with Crippen LogP contribution in [0.1, 0.15) is 122 Å². The summed E-state index contributed by atoms with van der Waals surface area (Å²) in [4.78, 5) is 81.4. The molecule has 444 valence electrons. The molecule has 19 heteroatoms. The SMILES string of the molecule is C=CC(=O)OCCCCCCOc1ccc(OC(=O)C2CCC(C(=O)Oc3ccc(OC(=O)C4CCC(C(=O)Oc5ccc(OCCCCCCOC(=O)C=C)cc5)CC4)c(/C=N\N(CC(C)CC#N)c4nc5ccccc5s4)c3)CC2)cc1. The van der Waals surface area contributed by atoms with Gasteiger partial charge in [0.1, 0.15) is 34.5 Å². The Morgan fingerprint density at radius 1 is 0.595 bits per heavy atom. The van der Waals surface area contributed by atoms with Crippen molar-refractivity contribution >= 4 is 68.7 Å². The van der Waals surface area contributed by atoms with E-state index in [2.05, 4.69) is 19.2 Å². The zero-order valence-corrected chi connectivity index (χ0v) is 48.5. The maximum atomic E-state index is 13.9. The minimum absolute atomic E-state index is 0.0793. The predicted octanol–water partition coefficient (Wildman–Crippen LogP) is 12.7. The van der Waals surface area contributed by atoms with Crippen molar-refractivity contribution in [1.82, 2.24) is 4.98 Å². The fourth-order valence-corrected chi connectivity index (χ4v) is 10.6. The molecule has 0 N–H and O–H groups in total. The van der Waals surface area contributed by atoms with Gasteiger partial charge in [0.05, 0.1) is 72.6 Å². The molecular weight excluding hydrogens is 1090 g/mol. The van der Waals surface area contributed by atoms with Crippen molar-refractivity contribution in [1.29, 1.82) is 5.26 Å². The Morgan fingerprint density at radius 3 is 1.49 bits per heavy atom. The summed E-state index contributed by atoms with van der Waals surface area (Å²) < 4.78 is 46.2. The first kappa shape index (κ1) is 63.2. The van der Waals surface area contributed by atoms with Gasteiger partial charge in [0.25, 0.3) is 0 Å². The number of rotatable bonds is 32. The Bertz CT molecular complexity index is 3030. The monoisotopic (exact) mass is 1170 g/mol. The average molecular weight is 1170 g/mol. The largest absolute Gasteiger partial charge is 0.494 e. The topological polar surface area (TPSA) is 229 Å². The Kier molecular flexibility index (Phi) is 25.3. The van der Waals surface area contributed by atoms with Crippen molar-refractivity contribution in [3.05, 3.63) is 122 Å². The van der Waals surface area contributed by atoms with Gasteiger partial charge >= 0.3 is 35.8 Å². The van der Waals surface area contributed by atoms with Crippen LogP contribution in [0.25, 0.3) is 10.2 Å². The number of unbranched alkanes of at least 4 members (excludes halogenated alkanes) is 6. The summed E-state index contributed by atoms with van der Waals surface area (Å²) in [5.41, 5.74) is 1.15. The molecule has 0 bridgehead atoms. The second-order valence-corrected chi connectivity index (χ2v) is 22.0. The van der Waals surface area contributed by atoms with Gasteiger partial charge in [-0.05, 0) is 188 Å². The van der Waals surface area contributed by atoms with Crippen molar-refractivity contribution in [2.24, 2.45) is 34.7 Å². The third-order valence-electron chi connectivity index (χ3n) is 14.5. The highest BCUT2D eigenvalue weighted by Gasteiger charge is 2.34. The molecule has 0 saturated heterocycles. The van der Waals surface area contributed by atoms with E-state index in [-0.39, 0.29) is 35.8 Å². The summed E-state index contributed by atoms with van der Waals surface area (Å²) in [5.74, 6) is -1.86. The number of ether oxygens (including phenoxy) is 8. The van der Waals surface area contributed by atoms with Crippen LogP contribution >= 0.6 is 11.3 Å². The van der Waals surface area contributed by atoms with Crippen molar-refractivity contribution < 1.29 is 66.7 Å². The quantitative estimate of drug-likeness (QED) is 0.00973. The van der Waals surface area contributed by atoms with E-state index in [4.69, 9.17) is 48.0 Å². The minimum Gasteiger partial charge on any atom is -0.494 e. The van der Waals surface area contributed by atoms with Gasteiger partial charge < -0.3 is 37.9 Å². The van der Waals surface area contributed by atoms with Gasteiger partial charge in [-0.2, -0.15) is 10.4 Å². The summed E-state index contributed by atoms with van der Waals surface area (Å²) in [6, 6.07) is 28.5. The number of nitriles is 1. The van der Waals surface area contributed by atoms with E-state index in [1.807, 2.05) is 31.2 Å². The van der Waals surface area contributed by atoms with E-state index >= 15 is 0 Å². The maximum Gasteiger partial charge on any atom is 0.330 e. The fraction of sp³-hybridized carbons (Fsp3) is 0.431. The molecule has 7 rings (SSSR count). The van der Waals surface area contributed by atoms with Gasteiger partial charge in [0.2, 0.25) is 5.13 Å². The van der Waals surface area contributed by atoms with Crippen LogP contribution in [0.3, 0.4) is 0 Å². The van der Waals surface area contributed by atoms with Crippen LogP contribution < -0.4 is 33.4 Å². The molecule has 1 aromatic heterocycles. The zero-order valence-electron chi connectivity index (χ0n) is 47.7. The number of hydrogen-bond acceptors (Lipinski definition) is 19. The molecule has 0 amide bonds. The number of para-hydroxylation sites is 1. The highest BCUT2D eigenvalue weighted by Crippen LogP contribution is 2.36. The van der Waals surface area contributed by atoms with E-state index < -0.39 is 47.5 Å². The van der Waals surface area contributed by atoms with E-state index in [1.54, 1.807) is 71.7 Å². The zero-order chi connectivity index (χ0) is 59.5. The van der Waals surface area contributed by atoms with Gasteiger partial charge in [0, 0.05) is 30.7 Å². The average Bonchev–Trinajstić information content (AvgIpc) is 3.79. The first-order valence-corrected chi connectivity index (χ1v) is 29.8. The molecule has 1 unspecified atom stereocenters. The Labute approximate surface area is 494 Å². The van der Waals surface area contributed by atoms with Crippen LogP contribution in [0.2, 0.25) is 0 Å². The van der Waals surface area contributed by atoms with Crippen molar-refractivity contribution in [3.63, 3.8) is 0 Å².